The number of nitrogens with two attached hydrogens (primary N) is 1. The van der Waals surface area contributed by atoms with Gasteiger partial charge in [0.2, 0.25) is 0 Å². The van der Waals surface area contributed by atoms with Crippen LogP contribution < -0.4 is 5.73 Å². The second-order valence-electron chi connectivity index (χ2n) is 5.52. The van der Waals surface area contributed by atoms with Gasteiger partial charge in [0.1, 0.15) is 5.82 Å². The molecule has 1 amide bonds. The fourth-order valence-corrected chi connectivity index (χ4v) is 2.74. The molecular formula is C15H19N5O. The topological polar surface area (TPSA) is 77.0 Å². The van der Waals surface area contributed by atoms with Crippen LogP contribution in [0.15, 0.2) is 18.2 Å². The van der Waals surface area contributed by atoms with E-state index in [1.54, 1.807) is 24.1 Å². The number of carbonyl (C=O) groups excluding carboxylic acids is 1. The van der Waals surface area contributed by atoms with Crippen molar-refractivity contribution in [3.63, 3.8) is 0 Å². The molecule has 6 nitrogen and oxygen atoms in total. The number of carbonyl (C=O) groups is 1. The smallest absolute Gasteiger partial charge is 0.254 e. The van der Waals surface area contributed by atoms with Gasteiger partial charge in [0.05, 0.1) is 6.54 Å². The van der Waals surface area contributed by atoms with Crippen LogP contribution >= 0.6 is 0 Å². The predicted molar refractivity (Wildman–Crippen MR) is 79.7 cm³/mol. The monoisotopic (exact) mass is 285 g/mol. The molecule has 0 spiro atoms. The van der Waals surface area contributed by atoms with Crippen molar-refractivity contribution >= 4 is 11.6 Å². The molecule has 110 valence electrons. The first kappa shape index (κ1) is 13.6. The summed E-state index contributed by atoms with van der Waals surface area (Å²) in [4.78, 5) is 14.2. The van der Waals surface area contributed by atoms with E-state index in [2.05, 4.69) is 14.8 Å². The molecule has 6 heteroatoms. The molecule has 3 rings (SSSR count). The summed E-state index contributed by atoms with van der Waals surface area (Å²) in [6, 6.07) is 5.34. The number of benzene rings is 1. The number of aromatic nitrogens is 3. The summed E-state index contributed by atoms with van der Waals surface area (Å²) in [7, 11) is 1.79. The Kier molecular flexibility index (Phi) is 3.37. The van der Waals surface area contributed by atoms with Crippen molar-refractivity contribution in [2.75, 3.05) is 12.8 Å². The van der Waals surface area contributed by atoms with Crippen molar-refractivity contribution in [2.24, 2.45) is 0 Å². The third kappa shape index (κ3) is 2.49. The maximum atomic E-state index is 12.5. The lowest BCUT2D eigenvalue weighted by atomic mass is 10.1. The average Bonchev–Trinajstić information content (AvgIpc) is 3.03. The molecule has 0 saturated carbocycles. The highest BCUT2D eigenvalue weighted by Gasteiger charge is 2.21. The minimum atomic E-state index is -0.0251. The van der Waals surface area contributed by atoms with Crippen molar-refractivity contribution in [3.05, 3.63) is 41.0 Å². The van der Waals surface area contributed by atoms with Crippen molar-refractivity contribution in [2.45, 2.75) is 32.9 Å². The molecule has 0 radical (unpaired) electrons. The molecule has 1 aliphatic rings. The van der Waals surface area contributed by atoms with Crippen LogP contribution in [0.2, 0.25) is 0 Å². The standard InChI is InChI=1S/C15H19N5O/c1-10-8-11(16)5-6-12(10)15(21)19(2)9-14-18-17-13-4-3-7-20(13)14/h5-6,8H,3-4,7,9,16H2,1-2H3. The van der Waals surface area contributed by atoms with E-state index in [1.807, 2.05) is 13.0 Å². The lowest BCUT2D eigenvalue weighted by molar-refractivity contribution is 0.0779. The molecule has 0 atom stereocenters. The average molecular weight is 285 g/mol. The Morgan fingerprint density at radius 1 is 1.43 bits per heavy atom. The van der Waals surface area contributed by atoms with Crippen LogP contribution in [-0.2, 0) is 19.5 Å². The minimum Gasteiger partial charge on any atom is -0.399 e. The minimum absolute atomic E-state index is 0.0251. The van der Waals surface area contributed by atoms with Gasteiger partial charge in [-0.25, -0.2) is 0 Å². The predicted octanol–water partition coefficient (Wildman–Crippen LogP) is 1.39. The second kappa shape index (κ2) is 5.20. The van der Waals surface area contributed by atoms with Gasteiger partial charge < -0.3 is 15.2 Å². The highest BCUT2D eigenvalue weighted by Crippen LogP contribution is 2.18. The number of aryl methyl sites for hydroxylation is 2. The zero-order valence-electron chi connectivity index (χ0n) is 12.3. The van der Waals surface area contributed by atoms with Crippen LogP contribution in [0.25, 0.3) is 0 Å². The highest BCUT2D eigenvalue weighted by molar-refractivity contribution is 5.95. The molecule has 0 unspecified atom stereocenters. The first-order valence-corrected chi connectivity index (χ1v) is 7.09. The molecule has 0 saturated heterocycles. The van der Waals surface area contributed by atoms with Crippen molar-refractivity contribution in [1.82, 2.24) is 19.7 Å². The van der Waals surface area contributed by atoms with Crippen LogP contribution in [0, 0.1) is 6.92 Å². The summed E-state index contributed by atoms with van der Waals surface area (Å²) in [5.41, 5.74) is 7.96. The Morgan fingerprint density at radius 3 is 3.00 bits per heavy atom. The van der Waals surface area contributed by atoms with E-state index in [9.17, 15) is 4.79 Å². The lowest BCUT2D eigenvalue weighted by Gasteiger charge is -2.18. The van der Waals surface area contributed by atoms with Crippen LogP contribution in [0.1, 0.15) is 34.0 Å². The van der Waals surface area contributed by atoms with Crippen LogP contribution in [0.5, 0.6) is 0 Å². The van der Waals surface area contributed by atoms with E-state index in [0.29, 0.717) is 17.8 Å². The molecule has 0 aliphatic carbocycles. The molecule has 1 aromatic heterocycles. The lowest BCUT2D eigenvalue weighted by Crippen LogP contribution is -2.28. The van der Waals surface area contributed by atoms with E-state index < -0.39 is 0 Å². The Labute approximate surface area is 123 Å². The quantitative estimate of drug-likeness (QED) is 0.864. The number of fused-ring (bicyclic) bond motifs is 1. The van der Waals surface area contributed by atoms with E-state index in [0.717, 1.165) is 36.6 Å². The highest BCUT2D eigenvalue weighted by atomic mass is 16.2. The summed E-state index contributed by atoms with van der Waals surface area (Å²) in [5.74, 6) is 1.85. The molecule has 21 heavy (non-hydrogen) atoms. The summed E-state index contributed by atoms with van der Waals surface area (Å²) < 4.78 is 2.11. The summed E-state index contributed by atoms with van der Waals surface area (Å²) in [6.45, 7) is 3.31. The number of rotatable bonds is 3. The number of anilines is 1. The van der Waals surface area contributed by atoms with Gasteiger partial charge in [-0.15, -0.1) is 10.2 Å². The SMILES string of the molecule is Cc1cc(N)ccc1C(=O)N(C)Cc1nnc2n1CCC2. The third-order valence-electron chi connectivity index (χ3n) is 3.89. The van der Waals surface area contributed by atoms with E-state index in [4.69, 9.17) is 5.73 Å². The van der Waals surface area contributed by atoms with Crippen LogP contribution in [0.4, 0.5) is 5.69 Å². The van der Waals surface area contributed by atoms with Crippen LogP contribution in [0.3, 0.4) is 0 Å². The maximum Gasteiger partial charge on any atom is 0.254 e. The number of nitrogens with zero attached hydrogens (tertiary/aromatic N) is 4. The molecule has 2 N–H and O–H groups in total. The first-order chi connectivity index (χ1) is 10.1. The van der Waals surface area contributed by atoms with Crippen LogP contribution in [-0.4, -0.2) is 32.6 Å². The van der Waals surface area contributed by atoms with Gasteiger partial charge in [-0.3, -0.25) is 4.79 Å². The molecule has 0 fully saturated rings. The van der Waals surface area contributed by atoms with Gasteiger partial charge in [-0.1, -0.05) is 0 Å². The number of amides is 1. The van der Waals surface area contributed by atoms with Gasteiger partial charge in [0.25, 0.3) is 5.91 Å². The Bertz CT molecular complexity index is 691. The number of hydrogen-bond acceptors (Lipinski definition) is 4. The van der Waals surface area contributed by atoms with Gasteiger partial charge in [0.15, 0.2) is 5.82 Å². The zero-order valence-corrected chi connectivity index (χ0v) is 12.3. The van der Waals surface area contributed by atoms with Gasteiger partial charge in [-0.2, -0.15) is 0 Å². The van der Waals surface area contributed by atoms with Crippen molar-refractivity contribution < 1.29 is 4.79 Å². The van der Waals surface area contributed by atoms with E-state index in [-0.39, 0.29) is 5.91 Å². The van der Waals surface area contributed by atoms with Crippen molar-refractivity contribution in [3.8, 4) is 0 Å². The molecule has 1 aliphatic heterocycles. The summed E-state index contributed by atoms with van der Waals surface area (Å²) in [6.07, 6.45) is 2.08. The largest absolute Gasteiger partial charge is 0.399 e. The Balaban J connectivity index is 1.78. The summed E-state index contributed by atoms with van der Waals surface area (Å²) in [5, 5.41) is 8.36. The molecule has 2 aromatic rings. The Morgan fingerprint density at radius 2 is 2.24 bits per heavy atom. The van der Waals surface area contributed by atoms with E-state index in [1.165, 1.54) is 0 Å². The second-order valence-corrected chi connectivity index (χ2v) is 5.52. The Hall–Kier alpha value is -2.37. The van der Waals surface area contributed by atoms with Gasteiger partial charge in [0, 0.05) is 31.3 Å². The molecular weight excluding hydrogens is 266 g/mol. The maximum absolute atomic E-state index is 12.5. The zero-order chi connectivity index (χ0) is 15.0. The fourth-order valence-electron chi connectivity index (χ4n) is 2.74. The normalized spacial score (nSPS) is 13.2. The van der Waals surface area contributed by atoms with Gasteiger partial charge >= 0.3 is 0 Å². The van der Waals surface area contributed by atoms with Gasteiger partial charge in [-0.05, 0) is 37.1 Å². The molecule has 1 aromatic carbocycles. The molecule has 0 bridgehead atoms. The fraction of sp³-hybridized carbons (Fsp3) is 0.400. The van der Waals surface area contributed by atoms with E-state index >= 15 is 0 Å². The third-order valence-corrected chi connectivity index (χ3v) is 3.89. The first-order valence-electron chi connectivity index (χ1n) is 7.09. The molecule has 2 heterocycles. The number of hydrogen-bond donors (Lipinski definition) is 1. The number of nitrogen functional groups attached to an aromatic ring is 1. The van der Waals surface area contributed by atoms with Crippen molar-refractivity contribution in [1.29, 1.82) is 0 Å². The summed E-state index contributed by atoms with van der Waals surface area (Å²) >= 11 is 0.